The van der Waals surface area contributed by atoms with Crippen molar-refractivity contribution in [2.24, 2.45) is 11.7 Å². The SMILES string of the molecule is C=CCN(C(=O)CNC(=O)[C@@H](N)C(C)C)c1nc2c(s1)CCCC2. The first-order valence-corrected chi connectivity index (χ1v) is 9.18. The Bertz CT molecular complexity index is 588. The Labute approximate surface area is 147 Å². The lowest BCUT2D eigenvalue weighted by Gasteiger charge is -2.20. The van der Waals surface area contributed by atoms with Gasteiger partial charge in [0.1, 0.15) is 0 Å². The van der Waals surface area contributed by atoms with Gasteiger partial charge in [-0.15, -0.1) is 17.9 Å². The second-order valence-electron chi connectivity index (χ2n) is 6.35. The Hall–Kier alpha value is -1.73. The smallest absolute Gasteiger partial charge is 0.248 e. The monoisotopic (exact) mass is 350 g/mol. The molecular formula is C17H26N4O2S. The summed E-state index contributed by atoms with van der Waals surface area (Å²) in [5, 5.41) is 3.31. The van der Waals surface area contributed by atoms with E-state index in [9.17, 15) is 9.59 Å². The van der Waals surface area contributed by atoms with E-state index >= 15 is 0 Å². The number of anilines is 1. The minimum atomic E-state index is -0.613. The molecule has 0 unspecified atom stereocenters. The van der Waals surface area contributed by atoms with Crippen molar-refractivity contribution in [3.05, 3.63) is 23.2 Å². The molecule has 0 bridgehead atoms. The van der Waals surface area contributed by atoms with Gasteiger partial charge in [-0.3, -0.25) is 14.5 Å². The quantitative estimate of drug-likeness (QED) is 0.732. The van der Waals surface area contributed by atoms with Crippen LogP contribution in [0.1, 0.15) is 37.3 Å². The van der Waals surface area contributed by atoms with Crippen LogP contribution in [0.3, 0.4) is 0 Å². The number of hydrogen-bond donors (Lipinski definition) is 2. The summed E-state index contributed by atoms with van der Waals surface area (Å²) >= 11 is 1.57. The third kappa shape index (κ3) is 4.42. The zero-order valence-electron chi connectivity index (χ0n) is 14.4. The Morgan fingerprint density at radius 3 is 2.75 bits per heavy atom. The van der Waals surface area contributed by atoms with E-state index in [-0.39, 0.29) is 24.3 Å². The highest BCUT2D eigenvalue weighted by molar-refractivity contribution is 7.16. The standard InChI is InChI=1S/C17H26N4O2S/c1-4-9-21(14(22)10-19-16(23)15(18)11(2)3)17-20-12-7-5-6-8-13(12)24-17/h4,11,15H,1,5-10,18H2,2-3H3,(H,19,23)/t15-/m0/s1. The molecule has 2 rings (SSSR count). The molecule has 1 aliphatic carbocycles. The van der Waals surface area contributed by atoms with E-state index in [0.29, 0.717) is 11.7 Å². The maximum Gasteiger partial charge on any atom is 0.248 e. The Kier molecular flexibility index (Phi) is 6.51. The van der Waals surface area contributed by atoms with Crippen molar-refractivity contribution in [3.8, 4) is 0 Å². The van der Waals surface area contributed by atoms with Crippen LogP contribution in [0.25, 0.3) is 0 Å². The van der Waals surface area contributed by atoms with Crippen LogP contribution in [-0.4, -0.2) is 35.9 Å². The molecule has 0 radical (unpaired) electrons. The molecule has 0 saturated carbocycles. The molecule has 1 aromatic heterocycles. The van der Waals surface area contributed by atoms with Gasteiger partial charge in [0.2, 0.25) is 11.8 Å². The maximum absolute atomic E-state index is 12.5. The lowest BCUT2D eigenvalue weighted by Crippen LogP contribution is -2.48. The molecule has 0 aromatic carbocycles. The molecule has 132 valence electrons. The Morgan fingerprint density at radius 1 is 1.42 bits per heavy atom. The highest BCUT2D eigenvalue weighted by Gasteiger charge is 2.24. The van der Waals surface area contributed by atoms with Crippen LogP contribution < -0.4 is 16.0 Å². The predicted molar refractivity (Wildman–Crippen MR) is 97.1 cm³/mol. The van der Waals surface area contributed by atoms with E-state index in [1.807, 2.05) is 13.8 Å². The lowest BCUT2D eigenvalue weighted by molar-refractivity contribution is -0.126. The number of thiazole rings is 1. The summed E-state index contributed by atoms with van der Waals surface area (Å²) in [5.74, 6) is -0.490. The average Bonchev–Trinajstić information content (AvgIpc) is 2.99. The number of rotatable bonds is 7. The van der Waals surface area contributed by atoms with Crippen molar-refractivity contribution < 1.29 is 9.59 Å². The molecule has 0 fully saturated rings. The topological polar surface area (TPSA) is 88.3 Å². The predicted octanol–water partition coefficient (Wildman–Crippen LogP) is 1.64. The fourth-order valence-electron chi connectivity index (χ4n) is 2.55. The minimum Gasteiger partial charge on any atom is -0.346 e. The molecule has 1 aromatic rings. The lowest BCUT2D eigenvalue weighted by atomic mass is 10.0. The summed E-state index contributed by atoms with van der Waals surface area (Å²) < 4.78 is 0. The summed E-state index contributed by atoms with van der Waals surface area (Å²) in [6, 6.07) is -0.613. The fraction of sp³-hybridized carbons (Fsp3) is 0.588. The summed E-state index contributed by atoms with van der Waals surface area (Å²) in [5.41, 5.74) is 6.90. The van der Waals surface area contributed by atoms with Crippen LogP contribution in [0.5, 0.6) is 0 Å². The van der Waals surface area contributed by atoms with Crippen LogP contribution in [0.2, 0.25) is 0 Å². The number of aromatic nitrogens is 1. The number of amides is 2. The first-order valence-electron chi connectivity index (χ1n) is 8.37. The van der Waals surface area contributed by atoms with Crippen LogP contribution in [0, 0.1) is 5.92 Å². The number of nitrogens with one attached hydrogen (secondary N) is 1. The zero-order valence-corrected chi connectivity index (χ0v) is 15.2. The van der Waals surface area contributed by atoms with Crippen molar-refractivity contribution in [1.82, 2.24) is 10.3 Å². The highest BCUT2D eigenvalue weighted by Crippen LogP contribution is 2.31. The Balaban J connectivity index is 2.04. The molecule has 0 saturated heterocycles. The van der Waals surface area contributed by atoms with Crippen molar-refractivity contribution in [1.29, 1.82) is 0 Å². The normalized spacial score (nSPS) is 14.8. The molecular weight excluding hydrogens is 324 g/mol. The first kappa shape index (κ1) is 18.6. The molecule has 1 aliphatic rings. The molecule has 24 heavy (non-hydrogen) atoms. The number of nitrogens with two attached hydrogens (primary N) is 1. The molecule has 1 heterocycles. The van der Waals surface area contributed by atoms with Crippen molar-refractivity contribution in [2.45, 2.75) is 45.6 Å². The minimum absolute atomic E-state index is 0.0232. The average molecular weight is 350 g/mol. The number of hydrogen-bond acceptors (Lipinski definition) is 5. The largest absolute Gasteiger partial charge is 0.346 e. The third-order valence-corrected chi connectivity index (χ3v) is 5.29. The van der Waals surface area contributed by atoms with E-state index in [4.69, 9.17) is 5.73 Å². The summed E-state index contributed by atoms with van der Waals surface area (Å²) in [6.07, 6.45) is 5.99. The number of aryl methyl sites for hydroxylation is 2. The van der Waals surface area contributed by atoms with E-state index < -0.39 is 6.04 Å². The molecule has 3 N–H and O–H groups in total. The van der Waals surface area contributed by atoms with Gasteiger partial charge >= 0.3 is 0 Å². The van der Waals surface area contributed by atoms with E-state index in [2.05, 4.69) is 16.9 Å². The molecule has 6 nitrogen and oxygen atoms in total. The Morgan fingerprint density at radius 2 is 2.12 bits per heavy atom. The molecule has 0 aliphatic heterocycles. The summed E-state index contributed by atoms with van der Waals surface area (Å²) in [6.45, 7) is 7.74. The van der Waals surface area contributed by atoms with Gasteiger partial charge in [-0.1, -0.05) is 19.9 Å². The number of fused-ring (bicyclic) bond motifs is 1. The van der Waals surface area contributed by atoms with Gasteiger partial charge in [0.15, 0.2) is 5.13 Å². The number of carbonyl (C=O) groups excluding carboxylic acids is 2. The van der Waals surface area contributed by atoms with Crippen LogP contribution in [0.4, 0.5) is 5.13 Å². The maximum atomic E-state index is 12.5. The van der Waals surface area contributed by atoms with E-state index in [1.54, 1.807) is 22.3 Å². The van der Waals surface area contributed by atoms with Crippen molar-refractivity contribution in [2.75, 3.05) is 18.0 Å². The number of carbonyl (C=O) groups is 2. The fourth-order valence-corrected chi connectivity index (χ4v) is 3.72. The van der Waals surface area contributed by atoms with Gasteiger partial charge in [-0.2, -0.15) is 0 Å². The van der Waals surface area contributed by atoms with Gasteiger partial charge in [0.05, 0.1) is 18.3 Å². The van der Waals surface area contributed by atoms with Crippen LogP contribution >= 0.6 is 11.3 Å². The first-order chi connectivity index (χ1) is 11.4. The second-order valence-corrected chi connectivity index (χ2v) is 7.42. The molecule has 1 atom stereocenters. The molecule has 2 amide bonds. The van der Waals surface area contributed by atoms with E-state index in [0.717, 1.165) is 25.0 Å². The highest BCUT2D eigenvalue weighted by atomic mass is 32.1. The summed E-state index contributed by atoms with van der Waals surface area (Å²) in [4.78, 5) is 31.9. The van der Waals surface area contributed by atoms with Gasteiger partial charge in [-0.25, -0.2) is 4.98 Å². The van der Waals surface area contributed by atoms with Crippen molar-refractivity contribution in [3.63, 3.8) is 0 Å². The second kappa shape index (κ2) is 8.39. The van der Waals surface area contributed by atoms with Gasteiger partial charge in [0, 0.05) is 11.4 Å². The van der Waals surface area contributed by atoms with Gasteiger partial charge < -0.3 is 11.1 Å². The molecule has 7 heteroatoms. The van der Waals surface area contributed by atoms with Crippen molar-refractivity contribution >= 4 is 28.3 Å². The summed E-state index contributed by atoms with van der Waals surface area (Å²) in [7, 11) is 0. The van der Waals surface area contributed by atoms with Crippen LogP contribution in [0.15, 0.2) is 12.7 Å². The zero-order chi connectivity index (χ0) is 17.7. The molecule has 0 spiro atoms. The number of nitrogens with zero attached hydrogens (tertiary/aromatic N) is 2. The van der Waals surface area contributed by atoms with Crippen LogP contribution in [-0.2, 0) is 22.4 Å². The van der Waals surface area contributed by atoms with Gasteiger partial charge in [-0.05, 0) is 31.6 Å². The van der Waals surface area contributed by atoms with Gasteiger partial charge in [0.25, 0.3) is 0 Å². The third-order valence-electron chi connectivity index (χ3n) is 4.11. The van der Waals surface area contributed by atoms with E-state index in [1.165, 1.54) is 11.3 Å².